The number of para-hydroxylation sites is 2. The zero-order valence-electron chi connectivity index (χ0n) is 17.1. The summed E-state index contributed by atoms with van der Waals surface area (Å²) in [6.07, 6.45) is 0. The SMILES string of the molecule is COc1ccccc1[C@H]1C(C#N)=C(SCC(N)=O)NC(C)=C1C(=O)Nc1ccccc1. The Labute approximate surface area is 185 Å². The number of dihydropyridines is 1. The first-order valence-corrected chi connectivity index (χ1v) is 10.5. The lowest BCUT2D eigenvalue weighted by Crippen LogP contribution is -2.31. The minimum atomic E-state index is -0.679. The van der Waals surface area contributed by atoms with Crippen LogP contribution in [0.4, 0.5) is 5.69 Å². The molecule has 0 fully saturated rings. The fraction of sp³-hybridized carbons (Fsp3) is 0.174. The van der Waals surface area contributed by atoms with E-state index in [2.05, 4.69) is 16.7 Å². The second-order valence-corrected chi connectivity index (χ2v) is 7.75. The molecule has 0 aromatic heterocycles. The molecular formula is C23H22N4O3S. The summed E-state index contributed by atoms with van der Waals surface area (Å²) in [4.78, 5) is 24.7. The van der Waals surface area contributed by atoms with Crippen LogP contribution < -0.4 is 21.1 Å². The fourth-order valence-corrected chi connectivity index (χ4v) is 4.24. The van der Waals surface area contributed by atoms with Crippen LogP contribution in [0.3, 0.4) is 0 Å². The summed E-state index contributed by atoms with van der Waals surface area (Å²) in [6.45, 7) is 1.77. The third kappa shape index (κ3) is 4.90. The highest BCUT2D eigenvalue weighted by molar-refractivity contribution is 8.03. The van der Waals surface area contributed by atoms with Crippen LogP contribution in [0.5, 0.6) is 5.75 Å². The Hall–Kier alpha value is -3.70. The molecule has 2 aromatic rings. The number of nitrogens with two attached hydrogens (primary N) is 1. The highest BCUT2D eigenvalue weighted by atomic mass is 32.2. The van der Waals surface area contributed by atoms with Crippen molar-refractivity contribution in [2.75, 3.05) is 18.2 Å². The molecule has 2 aromatic carbocycles. The average molecular weight is 435 g/mol. The number of carbonyl (C=O) groups excluding carboxylic acids is 2. The van der Waals surface area contributed by atoms with Gasteiger partial charge in [-0.15, -0.1) is 0 Å². The maximum absolute atomic E-state index is 13.3. The molecule has 1 heterocycles. The van der Waals surface area contributed by atoms with E-state index in [4.69, 9.17) is 10.5 Å². The summed E-state index contributed by atoms with van der Waals surface area (Å²) in [5.74, 6) is -0.954. The number of rotatable bonds is 7. The lowest BCUT2D eigenvalue weighted by molar-refractivity contribution is -0.115. The lowest BCUT2D eigenvalue weighted by Gasteiger charge is -2.30. The molecule has 31 heavy (non-hydrogen) atoms. The maximum atomic E-state index is 13.3. The number of ether oxygens (including phenoxy) is 1. The minimum absolute atomic E-state index is 0.00494. The van der Waals surface area contributed by atoms with Crippen molar-refractivity contribution >= 4 is 29.3 Å². The topological polar surface area (TPSA) is 117 Å². The zero-order chi connectivity index (χ0) is 22.4. The summed E-state index contributed by atoms with van der Waals surface area (Å²) in [5.41, 5.74) is 7.91. The monoisotopic (exact) mass is 434 g/mol. The smallest absolute Gasteiger partial charge is 0.254 e. The number of primary amides is 1. The second-order valence-electron chi connectivity index (χ2n) is 6.77. The molecule has 158 valence electrons. The summed E-state index contributed by atoms with van der Waals surface area (Å²) >= 11 is 1.14. The van der Waals surface area contributed by atoms with Crippen LogP contribution in [0, 0.1) is 11.3 Å². The Balaban J connectivity index is 2.11. The van der Waals surface area contributed by atoms with Crippen LogP contribution in [0.25, 0.3) is 0 Å². The molecule has 0 aliphatic carbocycles. The number of nitrogens with zero attached hydrogens (tertiary/aromatic N) is 1. The molecule has 0 radical (unpaired) electrons. The van der Waals surface area contributed by atoms with Crippen LogP contribution >= 0.6 is 11.8 Å². The van der Waals surface area contributed by atoms with Gasteiger partial charge in [-0.3, -0.25) is 9.59 Å². The highest BCUT2D eigenvalue weighted by Crippen LogP contribution is 2.43. The van der Waals surface area contributed by atoms with Crippen molar-refractivity contribution < 1.29 is 14.3 Å². The molecule has 0 spiro atoms. The third-order valence-electron chi connectivity index (χ3n) is 4.73. The Kier molecular flexibility index (Phi) is 7.00. The summed E-state index contributed by atoms with van der Waals surface area (Å²) in [6, 6.07) is 18.6. The zero-order valence-corrected chi connectivity index (χ0v) is 18.0. The van der Waals surface area contributed by atoms with Crippen LogP contribution in [-0.4, -0.2) is 24.7 Å². The number of hydrogen-bond donors (Lipinski definition) is 3. The molecule has 0 saturated carbocycles. The number of benzene rings is 2. The van der Waals surface area contributed by atoms with Crippen LogP contribution in [0.15, 0.2) is 76.5 Å². The lowest BCUT2D eigenvalue weighted by atomic mass is 9.81. The summed E-state index contributed by atoms with van der Waals surface area (Å²) in [7, 11) is 1.54. The number of allylic oxidation sites excluding steroid dienone is 2. The van der Waals surface area contributed by atoms with Gasteiger partial charge in [0.2, 0.25) is 5.91 Å². The predicted octanol–water partition coefficient (Wildman–Crippen LogP) is 3.25. The van der Waals surface area contributed by atoms with E-state index < -0.39 is 11.8 Å². The van der Waals surface area contributed by atoms with Gasteiger partial charge in [0.1, 0.15) is 5.75 Å². The van der Waals surface area contributed by atoms with Crippen molar-refractivity contribution in [3.05, 3.63) is 82.0 Å². The van der Waals surface area contributed by atoms with Gasteiger partial charge in [0.25, 0.3) is 5.91 Å². The molecule has 2 amide bonds. The molecule has 0 unspecified atom stereocenters. The number of amides is 2. The molecule has 1 aliphatic rings. The minimum Gasteiger partial charge on any atom is -0.496 e. The van der Waals surface area contributed by atoms with E-state index >= 15 is 0 Å². The third-order valence-corrected chi connectivity index (χ3v) is 5.77. The van der Waals surface area contributed by atoms with Crippen LogP contribution in [0.2, 0.25) is 0 Å². The largest absolute Gasteiger partial charge is 0.496 e. The van der Waals surface area contributed by atoms with E-state index in [0.29, 0.717) is 38.9 Å². The van der Waals surface area contributed by atoms with Crippen molar-refractivity contribution in [1.82, 2.24) is 5.32 Å². The first-order valence-electron chi connectivity index (χ1n) is 9.48. The van der Waals surface area contributed by atoms with E-state index in [-0.39, 0.29) is 11.7 Å². The van der Waals surface area contributed by atoms with Gasteiger partial charge in [-0.1, -0.05) is 48.2 Å². The molecule has 8 heteroatoms. The molecule has 7 nitrogen and oxygen atoms in total. The van der Waals surface area contributed by atoms with Gasteiger partial charge >= 0.3 is 0 Å². The van der Waals surface area contributed by atoms with Gasteiger partial charge < -0.3 is 21.1 Å². The number of nitriles is 1. The number of nitrogens with one attached hydrogen (secondary N) is 2. The number of hydrogen-bond acceptors (Lipinski definition) is 6. The van der Waals surface area contributed by atoms with Gasteiger partial charge in [-0.25, -0.2) is 0 Å². The molecule has 3 rings (SSSR count). The molecular weight excluding hydrogens is 412 g/mol. The van der Waals surface area contributed by atoms with Crippen LogP contribution in [-0.2, 0) is 9.59 Å². The first-order chi connectivity index (χ1) is 15.0. The second kappa shape index (κ2) is 9.87. The normalized spacial score (nSPS) is 15.7. The fourth-order valence-electron chi connectivity index (χ4n) is 3.41. The van der Waals surface area contributed by atoms with E-state index in [9.17, 15) is 14.9 Å². The Morgan fingerprint density at radius 1 is 1.19 bits per heavy atom. The number of carbonyl (C=O) groups is 2. The molecule has 0 saturated heterocycles. The van der Waals surface area contributed by atoms with Crippen LogP contribution in [0.1, 0.15) is 18.4 Å². The van der Waals surface area contributed by atoms with E-state index in [0.717, 1.165) is 11.8 Å². The number of methoxy groups -OCH3 is 1. The van der Waals surface area contributed by atoms with Crippen molar-refractivity contribution in [3.63, 3.8) is 0 Å². The summed E-state index contributed by atoms with van der Waals surface area (Å²) < 4.78 is 5.52. The average Bonchev–Trinajstić information content (AvgIpc) is 2.77. The van der Waals surface area contributed by atoms with Crippen molar-refractivity contribution in [2.45, 2.75) is 12.8 Å². The van der Waals surface area contributed by atoms with E-state index in [1.54, 1.807) is 32.2 Å². The maximum Gasteiger partial charge on any atom is 0.254 e. The Bertz CT molecular complexity index is 1100. The molecule has 1 atom stereocenters. The Morgan fingerprint density at radius 3 is 2.52 bits per heavy atom. The van der Waals surface area contributed by atoms with E-state index in [1.807, 2.05) is 36.4 Å². The standard InChI is InChI=1S/C23H22N4O3S/c1-14-20(22(29)27-15-8-4-3-5-9-15)21(16-10-6-7-11-18(16)30-2)17(12-24)23(26-14)31-13-19(25)28/h3-11,21,26H,13H2,1-2H3,(H2,25,28)(H,27,29)/t21-/m0/s1. The van der Waals surface area contributed by atoms with Crippen molar-refractivity contribution in [1.29, 1.82) is 5.26 Å². The number of thioether (sulfide) groups is 1. The van der Waals surface area contributed by atoms with Gasteiger partial charge in [-0.2, -0.15) is 5.26 Å². The van der Waals surface area contributed by atoms with Gasteiger partial charge in [0.15, 0.2) is 0 Å². The van der Waals surface area contributed by atoms with Gasteiger partial charge in [-0.05, 0) is 25.1 Å². The molecule has 0 bridgehead atoms. The van der Waals surface area contributed by atoms with Crippen molar-refractivity contribution in [2.24, 2.45) is 5.73 Å². The molecule has 4 N–H and O–H groups in total. The molecule has 1 aliphatic heterocycles. The first kappa shape index (κ1) is 22.0. The number of anilines is 1. The van der Waals surface area contributed by atoms with Gasteiger partial charge in [0.05, 0.1) is 35.5 Å². The quantitative estimate of drug-likeness (QED) is 0.616. The van der Waals surface area contributed by atoms with Gasteiger partial charge in [0, 0.05) is 22.5 Å². The van der Waals surface area contributed by atoms with E-state index in [1.165, 1.54) is 0 Å². The summed E-state index contributed by atoms with van der Waals surface area (Å²) in [5, 5.41) is 16.5. The predicted molar refractivity (Wildman–Crippen MR) is 121 cm³/mol. The highest BCUT2D eigenvalue weighted by Gasteiger charge is 2.36. The Morgan fingerprint density at radius 2 is 1.87 bits per heavy atom. The van der Waals surface area contributed by atoms with Crippen molar-refractivity contribution in [3.8, 4) is 11.8 Å².